The van der Waals surface area contributed by atoms with Crippen LogP contribution in [-0.2, 0) is 0 Å². The van der Waals surface area contributed by atoms with Gasteiger partial charge in [-0.2, -0.15) is 0 Å². The second kappa shape index (κ2) is 6.75. The highest BCUT2D eigenvalue weighted by Gasteiger charge is 2.16. The van der Waals surface area contributed by atoms with Crippen molar-refractivity contribution in [1.29, 1.82) is 0 Å². The highest BCUT2D eigenvalue weighted by molar-refractivity contribution is 9.11. The number of thiophene rings is 1. The van der Waals surface area contributed by atoms with Gasteiger partial charge in [0.2, 0.25) is 0 Å². The summed E-state index contributed by atoms with van der Waals surface area (Å²) in [5.41, 5.74) is 2.37. The standard InChI is InChI=1S/C14H15BrClNOS/c1-3-17-14(10-7-13(15)19-8-10)9-4-5-12(18-2)11(16)6-9/h4-8,14,17H,3H2,1-2H3. The third-order valence-corrected chi connectivity index (χ3v) is 4.66. The number of ether oxygens (including phenoxy) is 1. The van der Waals surface area contributed by atoms with E-state index in [1.807, 2.05) is 18.2 Å². The molecule has 0 saturated carbocycles. The highest BCUT2D eigenvalue weighted by Crippen LogP contribution is 2.33. The summed E-state index contributed by atoms with van der Waals surface area (Å²) in [5.74, 6) is 0.701. The molecule has 0 aliphatic rings. The second-order valence-electron chi connectivity index (χ2n) is 4.07. The van der Waals surface area contributed by atoms with Crippen molar-refractivity contribution in [2.45, 2.75) is 13.0 Å². The van der Waals surface area contributed by atoms with Crippen LogP contribution in [0.25, 0.3) is 0 Å². The van der Waals surface area contributed by atoms with Crippen LogP contribution in [0.2, 0.25) is 5.02 Å². The summed E-state index contributed by atoms with van der Waals surface area (Å²) in [4.78, 5) is 0. The molecular formula is C14H15BrClNOS. The Morgan fingerprint density at radius 2 is 2.16 bits per heavy atom. The molecule has 1 heterocycles. The van der Waals surface area contributed by atoms with Crippen molar-refractivity contribution in [1.82, 2.24) is 5.32 Å². The molecule has 19 heavy (non-hydrogen) atoms. The van der Waals surface area contributed by atoms with Gasteiger partial charge in [-0.05, 0) is 57.2 Å². The van der Waals surface area contributed by atoms with Crippen molar-refractivity contribution in [3.05, 3.63) is 49.6 Å². The van der Waals surface area contributed by atoms with Gasteiger partial charge in [0.15, 0.2) is 0 Å². The van der Waals surface area contributed by atoms with Crippen molar-refractivity contribution < 1.29 is 4.74 Å². The third kappa shape index (κ3) is 3.51. The molecule has 0 spiro atoms. The lowest BCUT2D eigenvalue weighted by molar-refractivity contribution is 0.414. The Hall–Kier alpha value is -0.550. The first-order valence-corrected chi connectivity index (χ1v) is 8.01. The summed E-state index contributed by atoms with van der Waals surface area (Å²) in [5, 5.41) is 6.26. The van der Waals surface area contributed by atoms with Gasteiger partial charge in [-0.25, -0.2) is 0 Å². The van der Waals surface area contributed by atoms with Gasteiger partial charge in [-0.15, -0.1) is 11.3 Å². The fourth-order valence-electron chi connectivity index (χ4n) is 1.97. The van der Waals surface area contributed by atoms with Crippen LogP contribution in [0.15, 0.2) is 33.4 Å². The van der Waals surface area contributed by atoms with Gasteiger partial charge in [0.25, 0.3) is 0 Å². The Kier molecular flexibility index (Phi) is 5.28. The van der Waals surface area contributed by atoms with Gasteiger partial charge in [0.05, 0.1) is 22.0 Å². The summed E-state index contributed by atoms with van der Waals surface area (Å²) < 4.78 is 6.32. The largest absolute Gasteiger partial charge is 0.495 e. The van der Waals surface area contributed by atoms with Crippen molar-refractivity contribution in [2.75, 3.05) is 13.7 Å². The first-order chi connectivity index (χ1) is 9.15. The number of nitrogens with one attached hydrogen (secondary N) is 1. The monoisotopic (exact) mass is 359 g/mol. The molecular weight excluding hydrogens is 346 g/mol. The van der Waals surface area contributed by atoms with E-state index in [0.717, 1.165) is 15.9 Å². The Morgan fingerprint density at radius 3 is 2.68 bits per heavy atom. The van der Waals surface area contributed by atoms with E-state index >= 15 is 0 Å². The summed E-state index contributed by atoms with van der Waals surface area (Å²) in [6, 6.07) is 8.19. The minimum absolute atomic E-state index is 0.149. The SMILES string of the molecule is CCNC(c1csc(Br)c1)c1ccc(OC)c(Cl)c1. The van der Waals surface area contributed by atoms with Crippen LogP contribution >= 0.6 is 38.9 Å². The Morgan fingerprint density at radius 1 is 1.37 bits per heavy atom. The van der Waals surface area contributed by atoms with Crippen molar-refractivity contribution in [3.63, 3.8) is 0 Å². The number of methoxy groups -OCH3 is 1. The van der Waals surface area contributed by atoms with E-state index in [4.69, 9.17) is 16.3 Å². The summed E-state index contributed by atoms with van der Waals surface area (Å²) >= 11 is 11.4. The molecule has 0 saturated heterocycles. The smallest absolute Gasteiger partial charge is 0.137 e. The molecule has 1 unspecified atom stereocenters. The number of halogens is 2. The lowest BCUT2D eigenvalue weighted by Gasteiger charge is -2.18. The molecule has 1 N–H and O–H groups in total. The number of benzene rings is 1. The molecule has 1 atom stereocenters. The van der Waals surface area contributed by atoms with Crippen LogP contribution in [0.3, 0.4) is 0 Å². The van der Waals surface area contributed by atoms with Gasteiger partial charge in [-0.1, -0.05) is 24.6 Å². The first kappa shape index (κ1) is 14.9. The van der Waals surface area contributed by atoms with Gasteiger partial charge >= 0.3 is 0 Å². The minimum atomic E-state index is 0.149. The average molecular weight is 361 g/mol. The number of hydrogen-bond donors (Lipinski definition) is 1. The Balaban J connectivity index is 2.36. The van der Waals surface area contributed by atoms with E-state index in [1.54, 1.807) is 18.4 Å². The molecule has 0 aliphatic heterocycles. The van der Waals surface area contributed by atoms with Crippen LogP contribution in [-0.4, -0.2) is 13.7 Å². The van der Waals surface area contributed by atoms with Crippen LogP contribution in [0.5, 0.6) is 5.75 Å². The predicted octanol–water partition coefficient (Wildman–Crippen LogP) is 4.87. The molecule has 1 aromatic heterocycles. The topological polar surface area (TPSA) is 21.3 Å². The second-order valence-corrected chi connectivity index (χ2v) is 6.77. The van der Waals surface area contributed by atoms with E-state index in [1.165, 1.54) is 5.56 Å². The maximum Gasteiger partial charge on any atom is 0.137 e. The van der Waals surface area contributed by atoms with Gasteiger partial charge in [-0.3, -0.25) is 0 Å². The van der Waals surface area contributed by atoms with Crippen molar-refractivity contribution in [3.8, 4) is 5.75 Å². The fourth-order valence-corrected chi connectivity index (χ4v) is 3.44. The van der Waals surface area contributed by atoms with E-state index in [-0.39, 0.29) is 6.04 Å². The molecule has 1 aromatic carbocycles. The molecule has 102 valence electrons. The molecule has 0 bridgehead atoms. The molecule has 2 nitrogen and oxygen atoms in total. The molecule has 5 heteroatoms. The Bertz CT molecular complexity index is 558. The van der Waals surface area contributed by atoms with Gasteiger partial charge in [0, 0.05) is 0 Å². The zero-order valence-electron chi connectivity index (χ0n) is 10.7. The van der Waals surface area contributed by atoms with Crippen molar-refractivity contribution in [2.24, 2.45) is 0 Å². The van der Waals surface area contributed by atoms with Crippen LogP contribution in [0.1, 0.15) is 24.1 Å². The van der Waals surface area contributed by atoms with E-state index < -0.39 is 0 Å². The molecule has 0 fully saturated rings. The first-order valence-electron chi connectivity index (χ1n) is 5.96. The maximum absolute atomic E-state index is 6.21. The molecule has 0 aliphatic carbocycles. The summed E-state index contributed by atoms with van der Waals surface area (Å²) in [6.45, 7) is 2.99. The molecule has 2 rings (SSSR count). The maximum atomic E-state index is 6.21. The van der Waals surface area contributed by atoms with Crippen LogP contribution < -0.4 is 10.1 Å². The zero-order valence-corrected chi connectivity index (χ0v) is 13.9. The number of rotatable bonds is 5. The quantitative estimate of drug-likeness (QED) is 0.821. The van der Waals surface area contributed by atoms with Crippen molar-refractivity contribution >= 4 is 38.9 Å². The van der Waals surface area contributed by atoms with E-state index in [2.05, 4.69) is 39.6 Å². The van der Waals surface area contributed by atoms with Gasteiger partial charge < -0.3 is 10.1 Å². The summed E-state index contributed by atoms with van der Waals surface area (Å²) in [7, 11) is 1.62. The summed E-state index contributed by atoms with van der Waals surface area (Å²) in [6.07, 6.45) is 0. The van der Waals surface area contributed by atoms with Crippen LogP contribution in [0.4, 0.5) is 0 Å². The fraction of sp³-hybridized carbons (Fsp3) is 0.286. The lowest BCUT2D eigenvalue weighted by Crippen LogP contribution is -2.21. The number of hydrogen-bond acceptors (Lipinski definition) is 3. The lowest BCUT2D eigenvalue weighted by atomic mass is 10.0. The predicted molar refractivity (Wildman–Crippen MR) is 85.5 cm³/mol. The van der Waals surface area contributed by atoms with Gasteiger partial charge in [0.1, 0.15) is 5.75 Å². The van der Waals surface area contributed by atoms with Crippen LogP contribution in [0, 0.1) is 0 Å². The average Bonchev–Trinajstić information content (AvgIpc) is 2.82. The zero-order chi connectivity index (χ0) is 13.8. The Labute approximate surface area is 130 Å². The van der Waals surface area contributed by atoms with E-state index in [9.17, 15) is 0 Å². The molecule has 0 amide bonds. The normalized spacial score (nSPS) is 12.4. The highest BCUT2D eigenvalue weighted by atomic mass is 79.9. The third-order valence-electron chi connectivity index (χ3n) is 2.84. The van der Waals surface area contributed by atoms with E-state index in [0.29, 0.717) is 10.8 Å². The molecule has 2 aromatic rings. The molecule has 0 radical (unpaired) electrons. The minimum Gasteiger partial charge on any atom is -0.495 e.